The van der Waals surface area contributed by atoms with Crippen LogP contribution in [0.25, 0.3) is 10.9 Å². The second-order valence-corrected chi connectivity index (χ2v) is 5.28. The van der Waals surface area contributed by atoms with Gasteiger partial charge in [0.15, 0.2) is 6.29 Å². The van der Waals surface area contributed by atoms with Crippen molar-refractivity contribution in [3.63, 3.8) is 0 Å². The molecule has 108 valence electrons. The van der Waals surface area contributed by atoms with Gasteiger partial charge in [-0.25, -0.2) is 0 Å². The van der Waals surface area contributed by atoms with Crippen molar-refractivity contribution in [3.8, 4) is 0 Å². The van der Waals surface area contributed by atoms with E-state index in [9.17, 15) is 0 Å². The molecule has 2 heterocycles. The minimum atomic E-state index is -0.308. The number of aromatic nitrogens is 1. The highest BCUT2D eigenvalue weighted by molar-refractivity contribution is 5.81. The fourth-order valence-corrected chi connectivity index (χ4v) is 3.19. The zero-order valence-electron chi connectivity index (χ0n) is 12.1. The Hall–Kier alpha value is -1.36. The van der Waals surface area contributed by atoms with Gasteiger partial charge in [0.1, 0.15) is 0 Å². The van der Waals surface area contributed by atoms with Gasteiger partial charge in [0.2, 0.25) is 0 Å². The third-order valence-corrected chi connectivity index (χ3v) is 4.12. The van der Waals surface area contributed by atoms with Gasteiger partial charge >= 0.3 is 0 Å². The second-order valence-electron chi connectivity index (χ2n) is 5.28. The maximum Gasteiger partial charge on any atom is 0.198 e. The molecular weight excluding hydrogens is 252 g/mol. The largest absolute Gasteiger partial charge is 0.350 e. The first kappa shape index (κ1) is 13.6. The molecule has 4 heteroatoms. The molecule has 0 radical (unpaired) electrons. The molecule has 1 aromatic carbocycles. The quantitative estimate of drug-likeness (QED) is 0.871. The molecule has 1 aromatic heterocycles. The Morgan fingerprint density at radius 3 is 2.55 bits per heavy atom. The minimum Gasteiger partial charge on any atom is -0.350 e. The monoisotopic (exact) mass is 274 g/mol. The maximum absolute atomic E-state index is 5.49. The summed E-state index contributed by atoms with van der Waals surface area (Å²) >= 11 is 0. The summed E-state index contributed by atoms with van der Waals surface area (Å²) in [5.74, 6) is 0. The zero-order valence-corrected chi connectivity index (χ0v) is 12.1. The Kier molecular flexibility index (Phi) is 4.05. The van der Waals surface area contributed by atoms with Gasteiger partial charge in [-0.2, -0.15) is 0 Å². The van der Waals surface area contributed by atoms with E-state index >= 15 is 0 Å². The Morgan fingerprint density at radius 1 is 1.15 bits per heavy atom. The summed E-state index contributed by atoms with van der Waals surface area (Å²) in [6, 6.07) is 11.2. The van der Waals surface area contributed by atoms with E-state index < -0.39 is 0 Å². The van der Waals surface area contributed by atoms with Crippen molar-refractivity contribution in [1.29, 1.82) is 0 Å². The Bertz CT molecular complexity index is 569. The highest BCUT2D eigenvalue weighted by Crippen LogP contribution is 2.33. The van der Waals surface area contributed by atoms with Crippen LogP contribution in [0.15, 0.2) is 30.3 Å². The van der Waals surface area contributed by atoms with E-state index in [0.717, 1.165) is 31.6 Å². The summed E-state index contributed by atoms with van der Waals surface area (Å²) in [5.41, 5.74) is 2.39. The second kappa shape index (κ2) is 5.95. The van der Waals surface area contributed by atoms with E-state index in [0.29, 0.717) is 6.04 Å². The van der Waals surface area contributed by atoms with Gasteiger partial charge in [0.25, 0.3) is 0 Å². The van der Waals surface area contributed by atoms with E-state index in [2.05, 4.69) is 40.2 Å². The van der Waals surface area contributed by atoms with Gasteiger partial charge in [-0.15, -0.1) is 0 Å². The van der Waals surface area contributed by atoms with Gasteiger partial charge in [-0.3, -0.25) is 0 Å². The predicted octanol–water partition coefficient (Wildman–Crippen LogP) is 2.86. The molecule has 4 nitrogen and oxygen atoms in total. The van der Waals surface area contributed by atoms with Crippen molar-refractivity contribution in [3.05, 3.63) is 36.0 Å². The van der Waals surface area contributed by atoms with E-state index in [1.165, 1.54) is 10.9 Å². The van der Waals surface area contributed by atoms with E-state index in [1.54, 1.807) is 14.2 Å². The highest BCUT2D eigenvalue weighted by Gasteiger charge is 2.24. The molecular formula is C16H22N2O2. The summed E-state index contributed by atoms with van der Waals surface area (Å²) in [4.78, 5) is 0. The van der Waals surface area contributed by atoms with Crippen LogP contribution in [0.5, 0.6) is 0 Å². The Labute approximate surface area is 119 Å². The third-order valence-electron chi connectivity index (χ3n) is 4.12. The van der Waals surface area contributed by atoms with Gasteiger partial charge in [0.05, 0.1) is 5.69 Å². The molecule has 0 bridgehead atoms. The van der Waals surface area contributed by atoms with Crippen molar-refractivity contribution >= 4 is 10.9 Å². The SMILES string of the molecule is COC(OC)c1cc2ccccc2n1C1CCNCC1. The number of hydrogen-bond acceptors (Lipinski definition) is 3. The molecule has 3 rings (SSSR count). The third kappa shape index (κ3) is 2.35. The molecule has 0 unspecified atom stereocenters. The molecule has 0 atom stereocenters. The molecule has 1 saturated heterocycles. The number of nitrogens with one attached hydrogen (secondary N) is 1. The number of nitrogens with zero attached hydrogens (tertiary/aromatic N) is 1. The molecule has 1 aliphatic heterocycles. The number of benzene rings is 1. The molecule has 0 amide bonds. The molecule has 0 aliphatic carbocycles. The number of ether oxygens (including phenoxy) is 2. The van der Waals surface area contributed by atoms with E-state index in [-0.39, 0.29) is 6.29 Å². The molecule has 1 aliphatic rings. The summed E-state index contributed by atoms with van der Waals surface area (Å²) in [7, 11) is 3.39. The number of methoxy groups -OCH3 is 2. The molecule has 0 spiro atoms. The standard InChI is InChI=1S/C16H22N2O2/c1-19-16(20-2)15-11-12-5-3-4-6-14(12)18(15)13-7-9-17-10-8-13/h3-6,11,13,16-17H,7-10H2,1-2H3. The van der Waals surface area contributed by atoms with Crippen LogP contribution < -0.4 is 5.32 Å². The molecule has 2 aromatic rings. The van der Waals surface area contributed by atoms with E-state index in [1.807, 2.05) is 0 Å². The Balaban J connectivity index is 2.11. The van der Waals surface area contributed by atoms with Crippen molar-refractivity contribution in [2.75, 3.05) is 27.3 Å². The molecule has 0 saturated carbocycles. The predicted molar refractivity (Wildman–Crippen MR) is 79.8 cm³/mol. The lowest BCUT2D eigenvalue weighted by atomic mass is 10.1. The van der Waals surface area contributed by atoms with Crippen LogP contribution in [0.4, 0.5) is 0 Å². The molecule has 1 fully saturated rings. The van der Waals surface area contributed by atoms with Crippen LogP contribution in [0.1, 0.15) is 30.9 Å². The van der Waals surface area contributed by atoms with Gasteiger partial charge < -0.3 is 19.4 Å². The fourth-order valence-electron chi connectivity index (χ4n) is 3.19. The summed E-state index contributed by atoms with van der Waals surface area (Å²) in [5, 5.41) is 4.68. The highest BCUT2D eigenvalue weighted by atomic mass is 16.7. The first-order valence-corrected chi connectivity index (χ1v) is 7.21. The average molecular weight is 274 g/mol. The summed E-state index contributed by atoms with van der Waals surface area (Å²) in [6.45, 7) is 2.14. The normalized spacial score (nSPS) is 17.1. The molecule has 1 N–H and O–H groups in total. The van der Waals surface area contributed by atoms with Crippen LogP contribution in [0, 0.1) is 0 Å². The van der Waals surface area contributed by atoms with Crippen molar-refractivity contribution in [2.24, 2.45) is 0 Å². The minimum absolute atomic E-state index is 0.308. The molecule has 20 heavy (non-hydrogen) atoms. The van der Waals surface area contributed by atoms with Gasteiger partial charge in [-0.1, -0.05) is 18.2 Å². The average Bonchev–Trinajstić information content (AvgIpc) is 2.88. The summed E-state index contributed by atoms with van der Waals surface area (Å²) < 4.78 is 13.4. The number of fused-ring (bicyclic) bond motifs is 1. The number of piperidine rings is 1. The van der Waals surface area contributed by atoms with Crippen LogP contribution in [-0.2, 0) is 9.47 Å². The van der Waals surface area contributed by atoms with Crippen LogP contribution in [-0.4, -0.2) is 31.9 Å². The topological polar surface area (TPSA) is 35.4 Å². The van der Waals surface area contributed by atoms with Gasteiger partial charge in [0, 0.05) is 31.2 Å². The first-order valence-electron chi connectivity index (χ1n) is 7.21. The van der Waals surface area contributed by atoms with Crippen molar-refractivity contribution in [2.45, 2.75) is 25.2 Å². The van der Waals surface area contributed by atoms with Crippen LogP contribution in [0.3, 0.4) is 0 Å². The number of rotatable bonds is 4. The Morgan fingerprint density at radius 2 is 1.85 bits per heavy atom. The van der Waals surface area contributed by atoms with Crippen LogP contribution >= 0.6 is 0 Å². The fraction of sp³-hybridized carbons (Fsp3) is 0.500. The lowest BCUT2D eigenvalue weighted by Crippen LogP contribution is -2.30. The zero-order chi connectivity index (χ0) is 13.9. The van der Waals surface area contributed by atoms with Crippen LogP contribution in [0.2, 0.25) is 0 Å². The lowest BCUT2D eigenvalue weighted by molar-refractivity contribution is -0.111. The number of hydrogen-bond donors (Lipinski definition) is 1. The maximum atomic E-state index is 5.49. The van der Waals surface area contributed by atoms with E-state index in [4.69, 9.17) is 9.47 Å². The van der Waals surface area contributed by atoms with Gasteiger partial charge in [-0.05, 0) is 38.1 Å². The smallest absolute Gasteiger partial charge is 0.198 e. The van der Waals surface area contributed by atoms with Crippen molar-refractivity contribution < 1.29 is 9.47 Å². The van der Waals surface area contributed by atoms with Crippen molar-refractivity contribution in [1.82, 2.24) is 9.88 Å². The summed E-state index contributed by atoms with van der Waals surface area (Å²) in [6.07, 6.45) is 1.98. The first-order chi connectivity index (χ1) is 9.85. The lowest BCUT2D eigenvalue weighted by Gasteiger charge is -2.28. The number of para-hydroxylation sites is 1.